The molecule has 0 saturated carbocycles. The lowest BCUT2D eigenvalue weighted by molar-refractivity contribution is -0.138. The van der Waals surface area contributed by atoms with Crippen LogP contribution in [0, 0.1) is 5.92 Å². The molecule has 2 heterocycles. The molecule has 2 aliphatic rings. The molecule has 9 nitrogen and oxygen atoms in total. The molecule has 4 amide bonds. The van der Waals surface area contributed by atoms with Gasteiger partial charge in [-0.3, -0.25) is 24.1 Å². The maximum atomic E-state index is 12.9. The molecule has 1 aromatic rings. The first-order chi connectivity index (χ1) is 14.8. The van der Waals surface area contributed by atoms with Crippen molar-refractivity contribution in [3.63, 3.8) is 0 Å². The Labute approximate surface area is 181 Å². The molecule has 2 aliphatic heterocycles. The summed E-state index contributed by atoms with van der Waals surface area (Å²) in [5, 5.41) is 0. The quantitative estimate of drug-likeness (QED) is 0.448. The van der Waals surface area contributed by atoms with Crippen molar-refractivity contribution in [2.75, 3.05) is 59.7 Å². The second kappa shape index (κ2) is 10.0. The predicted molar refractivity (Wildman–Crippen MR) is 112 cm³/mol. The molecule has 168 valence electrons. The fraction of sp³-hybridized carbons (Fsp3) is 0.545. The second-order valence-corrected chi connectivity index (χ2v) is 8.09. The first-order valence-corrected chi connectivity index (χ1v) is 10.5. The van der Waals surface area contributed by atoms with Crippen LogP contribution in [0.25, 0.3) is 0 Å². The number of fused-ring (bicyclic) bond motifs is 1. The molecular formula is C22H29N3O6. The van der Waals surface area contributed by atoms with Crippen molar-refractivity contribution < 1.29 is 28.7 Å². The van der Waals surface area contributed by atoms with E-state index < -0.39 is 0 Å². The average molecular weight is 431 g/mol. The van der Waals surface area contributed by atoms with Crippen molar-refractivity contribution >= 4 is 23.6 Å². The minimum Gasteiger partial charge on any atom is -0.382 e. The number of ether oxygens (including phenoxy) is 2. The maximum absolute atomic E-state index is 12.9. The Morgan fingerprint density at radius 2 is 1.61 bits per heavy atom. The van der Waals surface area contributed by atoms with Gasteiger partial charge in [0, 0.05) is 45.4 Å². The highest BCUT2D eigenvalue weighted by atomic mass is 16.5. The molecule has 0 radical (unpaired) electrons. The van der Waals surface area contributed by atoms with Crippen LogP contribution in [0.4, 0.5) is 0 Å². The number of nitrogens with zero attached hydrogens (tertiary/aromatic N) is 3. The van der Waals surface area contributed by atoms with E-state index in [0.29, 0.717) is 57.1 Å². The van der Waals surface area contributed by atoms with Gasteiger partial charge in [-0.2, -0.15) is 0 Å². The molecule has 9 heteroatoms. The van der Waals surface area contributed by atoms with Crippen molar-refractivity contribution in [3.05, 3.63) is 34.9 Å². The summed E-state index contributed by atoms with van der Waals surface area (Å²) in [6.07, 6.45) is 0. The van der Waals surface area contributed by atoms with Gasteiger partial charge in [-0.1, -0.05) is 13.8 Å². The summed E-state index contributed by atoms with van der Waals surface area (Å²) < 4.78 is 10.1. The van der Waals surface area contributed by atoms with E-state index in [9.17, 15) is 19.2 Å². The highest BCUT2D eigenvalue weighted by Gasteiger charge is 2.36. The molecule has 31 heavy (non-hydrogen) atoms. The molecule has 0 aliphatic carbocycles. The van der Waals surface area contributed by atoms with Crippen LogP contribution in [0.5, 0.6) is 0 Å². The zero-order valence-electron chi connectivity index (χ0n) is 18.3. The van der Waals surface area contributed by atoms with Crippen LogP contribution in [0.15, 0.2) is 18.2 Å². The van der Waals surface area contributed by atoms with Crippen molar-refractivity contribution in [2.24, 2.45) is 5.92 Å². The maximum Gasteiger partial charge on any atom is 0.261 e. The summed E-state index contributed by atoms with van der Waals surface area (Å²) in [5.41, 5.74) is 0.985. The van der Waals surface area contributed by atoms with Gasteiger partial charge in [0.2, 0.25) is 5.91 Å². The highest BCUT2D eigenvalue weighted by Crippen LogP contribution is 2.25. The largest absolute Gasteiger partial charge is 0.382 e. The molecule has 0 spiro atoms. The van der Waals surface area contributed by atoms with Crippen LogP contribution in [0.3, 0.4) is 0 Å². The number of hydrogen-bond donors (Lipinski definition) is 0. The summed E-state index contributed by atoms with van der Waals surface area (Å²) in [5.74, 6) is -0.837. The molecule has 1 aromatic carbocycles. The van der Waals surface area contributed by atoms with Crippen LogP contribution in [0.1, 0.15) is 44.9 Å². The lowest BCUT2D eigenvalue weighted by atomic mass is 10.0. The molecule has 0 bridgehead atoms. The van der Waals surface area contributed by atoms with Gasteiger partial charge in [-0.15, -0.1) is 0 Å². The lowest BCUT2D eigenvalue weighted by Gasteiger charge is -2.34. The van der Waals surface area contributed by atoms with E-state index in [1.165, 1.54) is 11.0 Å². The van der Waals surface area contributed by atoms with Crippen molar-refractivity contribution in [2.45, 2.75) is 13.8 Å². The molecule has 0 atom stereocenters. The molecule has 0 unspecified atom stereocenters. The Morgan fingerprint density at radius 3 is 2.26 bits per heavy atom. The first-order valence-electron chi connectivity index (χ1n) is 10.5. The number of piperazine rings is 1. The van der Waals surface area contributed by atoms with Crippen molar-refractivity contribution in [1.82, 2.24) is 14.7 Å². The summed E-state index contributed by atoms with van der Waals surface area (Å²) in [4.78, 5) is 54.8. The number of imide groups is 1. The van der Waals surface area contributed by atoms with E-state index in [1.807, 2.05) is 13.8 Å². The van der Waals surface area contributed by atoms with Gasteiger partial charge in [0.15, 0.2) is 0 Å². The lowest BCUT2D eigenvalue weighted by Crippen LogP contribution is -2.51. The normalized spacial score (nSPS) is 16.3. The van der Waals surface area contributed by atoms with Gasteiger partial charge in [-0.05, 0) is 24.1 Å². The van der Waals surface area contributed by atoms with Gasteiger partial charge in [0.1, 0.15) is 6.61 Å². The average Bonchev–Trinajstić information content (AvgIpc) is 3.00. The van der Waals surface area contributed by atoms with E-state index in [2.05, 4.69) is 0 Å². The third kappa shape index (κ3) is 5.11. The summed E-state index contributed by atoms with van der Waals surface area (Å²) in [6.45, 7) is 6.63. The van der Waals surface area contributed by atoms with Gasteiger partial charge in [0.25, 0.3) is 17.7 Å². The van der Waals surface area contributed by atoms with E-state index in [1.54, 1.807) is 29.0 Å². The minimum atomic E-state index is -0.354. The molecule has 3 rings (SSSR count). The summed E-state index contributed by atoms with van der Waals surface area (Å²) >= 11 is 0. The van der Waals surface area contributed by atoms with Crippen LogP contribution >= 0.6 is 0 Å². The number of benzene rings is 1. The van der Waals surface area contributed by atoms with Crippen molar-refractivity contribution in [3.8, 4) is 0 Å². The van der Waals surface area contributed by atoms with Crippen LogP contribution < -0.4 is 0 Å². The fourth-order valence-electron chi connectivity index (χ4n) is 3.69. The second-order valence-electron chi connectivity index (χ2n) is 8.09. The predicted octanol–water partition coefficient (Wildman–Crippen LogP) is 0.886. The Morgan fingerprint density at radius 1 is 0.968 bits per heavy atom. The van der Waals surface area contributed by atoms with Gasteiger partial charge in [0.05, 0.1) is 24.3 Å². The van der Waals surface area contributed by atoms with Crippen LogP contribution in [-0.4, -0.2) is 98.0 Å². The molecular weight excluding hydrogens is 402 g/mol. The Bertz CT molecular complexity index is 861. The number of amides is 4. The summed E-state index contributed by atoms with van der Waals surface area (Å²) in [7, 11) is 1.57. The van der Waals surface area contributed by atoms with Gasteiger partial charge >= 0.3 is 0 Å². The SMILES string of the molecule is COCCOCC(=O)N1CCN(C(=O)c2ccc3c(c2)C(=O)N(CC(C)C)C3=O)CC1. The van der Waals surface area contributed by atoms with E-state index in [0.717, 1.165) is 0 Å². The standard InChI is InChI=1S/C22H29N3O6/c1-15(2)13-25-21(28)17-5-4-16(12-18(17)22(25)29)20(27)24-8-6-23(7-9-24)19(26)14-31-11-10-30-3/h4-5,12,15H,6-11,13-14H2,1-3H3. The van der Waals surface area contributed by atoms with Gasteiger partial charge in [-0.25, -0.2) is 0 Å². The molecule has 1 saturated heterocycles. The Balaban J connectivity index is 1.59. The third-order valence-corrected chi connectivity index (χ3v) is 5.34. The Kier molecular flexibility index (Phi) is 7.40. The van der Waals surface area contributed by atoms with E-state index >= 15 is 0 Å². The van der Waals surface area contributed by atoms with Crippen molar-refractivity contribution in [1.29, 1.82) is 0 Å². The number of carbonyl (C=O) groups excluding carboxylic acids is 4. The summed E-state index contributed by atoms with van der Waals surface area (Å²) in [6, 6.07) is 4.66. The zero-order chi connectivity index (χ0) is 22.5. The number of hydrogen-bond acceptors (Lipinski definition) is 6. The molecule has 0 N–H and O–H groups in total. The topological polar surface area (TPSA) is 96.5 Å². The highest BCUT2D eigenvalue weighted by molar-refractivity contribution is 6.22. The smallest absolute Gasteiger partial charge is 0.261 e. The van der Waals surface area contributed by atoms with E-state index in [4.69, 9.17) is 9.47 Å². The third-order valence-electron chi connectivity index (χ3n) is 5.34. The van der Waals surface area contributed by atoms with Crippen LogP contribution in [0.2, 0.25) is 0 Å². The Hall–Kier alpha value is -2.78. The zero-order valence-corrected chi connectivity index (χ0v) is 18.3. The minimum absolute atomic E-state index is 0.00878. The first kappa shape index (κ1) is 22.9. The van der Waals surface area contributed by atoms with Gasteiger partial charge < -0.3 is 19.3 Å². The number of carbonyl (C=O) groups is 4. The fourth-order valence-corrected chi connectivity index (χ4v) is 3.69. The number of methoxy groups -OCH3 is 1. The number of rotatable bonds is 8. The monoisotopic (exact) mass is 431 g/mol. The molecule has 0 aromatic heterocycles. The molecule has 1 fully saturated rings. The van der Waals surface area contributed by atoms with E-state index in [-0.39, 0.29) is 41.7 Å². The van der Waals surface area contributed by atoms with Crippen LogP contribution in [-0.2, 0) is 14.3 Å².